The molecule has 2 rings (SSSR count). The monoisotopic (exact) mass is 363 g/mol. The van der Waals surface area contributed by atoms with Gasteiger partial charge < -0.3 is 25.1 Å². The van der Waals surface area contributed by atoms with Crippen LogP contribution in [0.15, 0.2) is 43.0 Å². The molecule has 2 aromatic rings. The van der Waals surface area contributed by atoms with Crippen molar-refractivity contribution in [1.29, 1.82) is 0 Å². The van der Waals surface area contributed by atoms with Crippen LogP contribution in [-0.4, -0.2) is 33.6 Å². The zero-order chi connectivity index (χ0) is 19.7. The van der Waals surface area contributed by atoms with Gasteiger partial charge in [0.2, 0.25) is 12.2 Å². The topological polar surface area (TPSA) is 125 Å². The molecule has 0 aliphatic rings. The number of nitrogens with one attached hydrogen (secondary N) is 1. The third-order valence-corrected chi connectivity index (χ3v) is 2.88. The predicted octanol–water partition coefficient (Wildman–Crippen LogP) is -1.01. The number of carboxylic acids is 1. The van der Waals surface area contributed by atoms with Crippen LogP contribution in [0.4, 0.5) is 5.69 Å². The van der Waals surface area contributed by atoms with Crippen molar-refractivity contribution >= 4 is 23.5 Å². The fourth-order valence-corrected chi connectivity index (χ4v) is 1.72. The molecule has 1 aromatic carbocycles. The van der Waals surface area contributed by atoms with Crippen molar-refractivity contribution in [3.8, 4) is 5.75 Å². The number of aliphatic hydroxyl groups excluding tert-OH is 1. The number of anilines is 1. The maximum atomic E-state index is 11.7. The highest BCUT2D eigenvalue weighted by molar-refractivity contribution is 5.88. The number of nitrogens with zero attached hydrogens (tertiary/aromatic N) is 2. The molecule has 1 aromatic heterocycles. The summed E-state index contributed by atoms with van der Waals surface area (Å²) < 4.78 is 8.78. The van der Waals surface area contributed by atoms with Crippen molar-refractivity contribution in [1.82, 2.24) is 4.57 Å². The van der Waals surface area contributed by atoms with Crippen LogP contribution >= 0.6 is 0 Å². The van der Waals surface area contributed by atoms with Gasteiger partial charge in [-0.05, 0) is 31.2 Å². The minimum atomic E-state index is -1.44. The van der Waals surface area contributed by atoms with Gasteiger partial charge in [0.05, 0.1) is 19.1 Å². The highest BCUT2D eigenvalue weighted by Crippen LogP contribution is 2.15. The van der Waals surface area contributed by atoms with E-state index in [0.29, 0.717) is 11.4 Å². The number of esters is 1. The van der Waals surface area contributed by atoms with Crippen LogP contribution in [-0.2, 0) is 28.0 Å². The third kappa shape index (κ3) is 8.06. The lowest BCUT2D eigenvalue weighted by molar-refractivity contribution is -0.671. The molecule has 1 heterocycles. The maximum absolute atomic E-state index is 11.7. The Balaban J connectivity index is 0.000000487. The zero-order valence-corrected chi connectivity index (χ0v) is 14.7. The molecule has 0 saturated carbocycles. The second kappa shape index (κ2) is 9.94. The van der Waals surface area contributed by atoms with Crippen molar-refractivity contribution in [2.45, 2.75) is 26.5 Å². The summed E-state index contributed by atoms with van der Waals surface area (Å²) in [4.78, 5) is 31.9. The summed E-state index contributed by atoms with van der Waals surface area (Å²) in [6, 6.07) is 6.64. The Hall–Kier alpha value is -3.20. The molecular weight excluding hydrogens is 342 g/mol. The number of carboxylic acid groups (broad SMARTS) is 1. The summed E-state index contributed by atoms with van der Waals surface area (Å²) in [5, 5.41) is 19.9. The molecule has 1 atom stereocenters. The first-order valence-corrected chi connectivity index (χ1v) is 7.65. The van der Waals surface area contributed by atoms with Crippen molar-refractivity contribution in [2.75, 3.05) is 5.32 Å². The molecule has 9 heteroatoms. The van der Waals surface area contributed by atoms with E-state index in [1.165, 1.54) is 6.92 Å². The van der Waals surface area contributed by atoms with Gasteiger partial charge in [-0.1, -0.05) is 0 Å². The number of aliphatic carboxylic acids is 1. The molecular formula is C17H21N3O6. The molecule has 26 heavy (non-hydrogen) atoms. The van der Waals surface area contributed by atoms with E-state index in [1.807, 2.05) is 17.8 Å². The van der Waals surface area contributed by atoms with E-state index in [9.17, 15) is 19.5 Å². The first-order chi connectivity index (χ1) is 12.2. The average Bonchev–Trinajstić information content (AvgIpc) is 2.94. The molecule has 0 aliphatic carbocycles. The summed E-state index contributed by atoms with van der Waals surface area (Å²) in [6.45, 7) is 2.72. The van der Waals surface area contributed by atoms with Gasteiger partial charge in [-0.25, -0.2) is 13.9 Å². The quantitative estimate of drug-likeness (QED) is 0.399. The zero-order valence-electron chi connectivity index (χ0n) is 14.7. The van der Waals surface area contributed by atoms with E-state index in [4.69, 9.17) is 9.84 Å². The standard InChI is InChI=1S/C14H15N3O3.C3H6O3/c1-11(18)15-12-3-5-13(6-4-12)20-14(19)9-17-8-7-16(2)10-17;1-2(4)3(5)6/h3-8,10H,9H2,1-2H3;2,4H,1H3,(H,5,6). The fourth-order valence-electron chi connectivity index (χ4n) is 1.72. The van der Waals surface area contributed by atoms with Crippen LogP contribution in [0.3, 0.4) is 0 Å². The summed E-state index contributed by atoms with van der Waals surface area (Å²) in [5.74, 6) is -1.49. The number of aromatic nitrogens is 2. The predicted molar refractivity (Wildman–Crippen MR) is 88.7 cm³/mol. The first kappa shape index (κ1) is 20.8. The van der Waals surface area contributed by atoms with Gasteiger partial charge in [0.25, 0.3) is 0 Å². The Morgan fingerprint density at radius 2 is 1.88 bits per heavy atom. The molecule has 0 aliphatic heterocycles. The van der Waals surface area contributed by atoms with Gasteiger partial charge in [-0.15, -0.1) is 0 Å². The Bertz CT molecular complexity index is 752. The molecule has 0 radical (unpaired) electrons. The largest absolute Gasteiger partial charge is 0.547 e. The van der Waals surface area contributed by atoms with Gasteiger partial charge in [0.1, 0.15) is 18.1 Å². The minimum Gasteiger partial charge on any atom is -0.547 e. The van der Waals surface area contributed by atoms with Crippen LogP contribution < -0.4 is 19.7 Å². The third-order valence-electron chi connectivity index (χ3n) is 2.88. The summed E-state index contributed by atoms with van der Waals surface area (Å²) in [7, 11) is 1.88. The molecule has 0 bridgehead atoms. The van der Waals surface area contributed by atoms with Crippen LogP contribution in [0.5, 0.6) is 5.75 Å². The Labute approximate surface area is 150 Å². The van der Waals surface area contributed by atoms with Crippen LogP contribution in [0, 0.1) is 0 Å². The molecule has 1 amide bonds. The van der Waals surface area contributed by atoms with Crippen molar-refractivity contribution in [3.63, 3.8) is 0 Å². The Morgan fingerprint density at radius 1 is 1.31 bits per heavy atom. The number of hydrogen-bond acceptors (Lipinski definition) is 6. The lowest BCUT2D eigenvalue weighted by Gasteiger charge is -2.05. The number of rotatable bonds is 5. The highest BCUT2D eigenvalue weighted by Gasteiger charge is 2.10. The van der Waals surface area contributed by atoms with E-state index >= 15 is 0 Å². The number of aryl methyl sites for hydroxylation is 1. The SMILES string of the molecule is CC(=O)Nc1ccc(OC(=O)Cn2cc[n+](C)c2)cc1.CC(O)C(=O)[O-]. The lowest BCUT2D eigenvalue weighted by atomic mass is 10.3. The van der Waals surface area contributed by atoms with Crippen LogP contribution in [0.25, 0.3) is 0 Å². The van der Waals surface area contributed by atoms with Gasteiger partial charge in [0.15, 0.2) is 6.54 Å². The van der Waals surface area contributed by atoms with Gasteiger partial charge in [-0.3, -0.25) is 4.79 Å². The Morgan fingerprint density at radius 3 is 2.31 bits per heavy atom. The van der Waals surface area contributed by atoms with E-state index in [-0.39, 0.29) is 18.4 Å². The first-order valence-electron chi connectivity index (χ1n) is 7.65. The van der Waals surface area contributed by atoms with Gasteiger partial charge in [-0.2, -0.15) is 0 Å². The van der Waals surface area contributed by atoms with Crippen molar-refractivity contribution < 1.29 is 33.9 Å². The summed E-state index contributed by atoms with van der Waals surface area (Å²) in [5.41, 5.74) is 0.662. The van der Waals surface area contributed by atoms with E-state index in [0.717, 1.165) is 6.92 Å². The number of carbonyl (C=O) groups excluding carboxylic acids is 3. The number of ether oxygens (including phenoxy) is 1. The molecule has 1 unspecified atom stereocenters. The molecule has 140 valence electrons. The van der Waals surface area contributed by atoms with Crippen LogP contribution in [0.2, 0.25) is 0 Å². The molecule has 2 N–H and O–H groups in total. The number of carbonyl (C=O) groups is 3. The normalized spacial score (nSPS) is 10.9. The van der Waals surface area contributed by atoms with Crippen molar-refractivity contribution in [3.05, 3.63) is 43.0 Å². The van der Waals surface area contributed by atoms with Crippen molar-refractivity contribution in [2.24, 2.45) is 7.05 Å². The number of amides is 1. The molecule has 0 saturated heterocycles. The summed E-state index contributed by atoms with van der Waals surface area (Å²) >= 11 is 0. The number of hydrogen-bond donors (Lipinski definition) is 2. The number of benzene rings is 1. The minimum absolute atomic E-state index is 0.143. The maximum Gasteiger partial charge on any atom is 0.353 e. The highest BCUT2D eigenvalue weighted by atomic mass is 16.5. The summed E-state index contributed by atoms with van der Waals surface area (Å²) in [6.07, 6.45) is 4.09. The second-order valence-corrected chi connectivity index (χ2v) is 5.43. The molecule has 0 spiro atoms. The average molecular weight is 363 g/mol. The lowest BCUT2D eigenvalue weighted by Crippen LogP contribution is -2.32. The Kier molecular flexibility index (Phi) is 7.97. The number of imidazole rings is 1. The second-order valence-electron chi connectivity index (χ2n) is 5.43. The van der Waals surface area contributed by atoms with E-state index in [2.05, 4.69) is 5.32 Å². The van der Waals surface area contributed by atoms with Gasteiger partial charge >= 0.3 is 5.97 Å². The smallest absolute Gasteiger partial charge is 0.353 e. The van der Waals surface area contributed by atoms with E-state index in [1.54, 1.807) is 41.4 Å². The number of aliphatic hydroxyl groups is 1. The molecule has 0 fully saturated rings. The molecule has 9 nitrogen and oxygen atoms in total. The fraction of sp³-hybridized carbons (Fsp3) is 0.294. The van der Waals surface area contributed by atoms with E-state index < -0.39 is 12.1 Å². The van der Waals surface area contributed by atoms with Gasteiger partial charge in [0, 0.05) is 12.6 Å². The van der Waals surface area contributed by atoms with Crippen LogP contribution in [0.1, 0.15) is 13.8 Å².